The second-order valence-corrected chi connectivity index (χ2v) is 4.88. The van der Waals surface area contributed by atoms with Crippen LogP contribution in [0.5, 0.6) is 11.6 Å². The van der Waals surface area contributed by atoms with Crippen LogP contribution < -0.4 is 4.74 Å². The SMILES string of the molecule is CO/C=C(/C(=O)OC)c1ccccc1Oc1cc(Cl)nc(Cl)n1. The Labute approximate surface area is 142 Å². The van der Waals surface area contributed by atoms with Gasteiger partial charge in [0.05, 0.1) is 20.5 Å². The molecule has 0 saturated heterocycles. The van der Waals surface area contributed by atoms with Crippen LogP contribution in [0.1, 0.15) is 5.56 Å². The van der Waals surface area contributed by atoms with Crippen LogP contribution >= 0.6 is 23.2 Å². The van der Waals surface area contributed by atoms with E-state index in [4.69, 9.17) is 37.4 Å². The van der Waals surface area contributed by atoms with E-state index in [-0.39, 0.29) is 21.9 Å². The fraction of sp³-hybridized carbons (Fsp3) is 0.133. The number of rotatable bonds is 5. The molecule has 0 unspecified atom stereocenters. The maximum atomic E-state index is 11.9. The Balaban J connectivity index is 2.44. The third kappa shape index (κ3) is 4.34. The molecule has 0 aliphatic carbocycles. The van der Waals surface area contributed by atoms with Crippen LogP contribution in [0.4, 0.5) is 0 Å². The molecule has 1 aromatic heterocycles. The molecule has 0 saturated carbocycles. The van der Waals surface area contributed by atoms with E-state index in [1.807, 2.05) is 0 Å². The van der Waals surface area contributed by atoms with Crippen LogP contribution in [-0.2, 0) is 14.3 Å². The average molecular weight is 355 g/mol. The Hall–Kier alpha value is -2.31. The summed E-state index contributed by atoms with van der Waals surface area (Å²) >= 11 is 11.6. The van der Waals surface area contributed by atoms with Gasteiger partial charge in [-0.05, 0) is 17.7 Å². The molecule has 0 N–H and O–H groups in total. The number of ether oxygens (including phenoxy) is 3. The van der Waals surface area contributed by atoms with Gasteiger partial charge in [0.1, 0.15) is 16.5 Å². The van der Waals surface area contributed by atoms with Gasteiger partial charge in [-0.3, -0.25) is 0 Å². The molecule has 0 amide bonds. The van der Waals surface area contributed by atoms with Crippen molar-refractivity contribution in [2.75, 3.05) is 14.2 Å². The lowest BCUT2D eigenvalue weighted by Crippen LogP contribution is -2.06. The molecular formula is C15H12Cl2N2O4. The van der Waals surface area contributed by atoms with Crippen LogP contribution in [0, 0.1) is 0 Å². The van der Waals surface area contributed by atoms with Gasteiger partial charge < -0.3 is 14.2 Å². The quantitative estimate of drug-likeness (QED) is 0.268. The molecule has 2 rings (SSSR count). The minimum absolute atomic E-state index is 0.0504. The summed E-state index contributed by atoms with van der Waals surface area (Å²) in [7, 11) is 2.70. The first-order valence-electron chi connectivity index (χ1n) is 6.33. The number of carbonyl (C=O) groups is 1. The Kier molecular flexibility index (Phi) is 5.78. The summed E-state index contributed by atoms with van der Waals surface area (Å²) in [6.45, 7) is 0. The van der Waals surface area contributed by atoms with Gasteiger partial charge in [0, 0.05) is 11.6 Å². The Morgan fingerprint density at radius 1 is 1.17 bits per heavy atom. The van der Waals surface area contributed by atoms with E-state index in [0.29, 0.717) is 11.3 Å². The lowest BCUT2D eigenvalue weighted by Gasteiger charge is -2.12. The Morgan fingerprint density at radius 3 is 2.57 bits per heavy atom. The van der Waals surface area contributed by atoms with Crippen LogP contribution in [0.2, 0.25) is 10.4 Å². The van der Waals surface area contributed by atoms with Crippen molar-refractivity contribution in [1.29, 1.82) is 0 Å². The summed E-state index contributed by atoms with van der Waals surface area (Å²) < 4.78 is 15.4. The van der Waals surface area contributed by atoms with Gasteiger partial charge in [-0.2, -0.15) is 4.98 Å². The number of para-hydroxylation sites is 1. The fourth-order valence-electron chi connectivity index (χ4n) is 1.76. The van der Waals surface area contributed by atoms with Crippen molar-refractivity contribution < 1.29 is 19.0 Å². The minimum atomic E-state index is -0.568. The molecule has 0 bridgehead atoms. The molecule has 23 heavy (non-hydrogen) atoms. The molecule has 0 fully saturated rings. The number of halogens is 2. The van der Waals surface area contributed by atoms with Crippen molar-refractivity contribution in [3.8, 4) is 11.6 Å². The highest BCUT2D eigenvalue weighted by Gasteiger charge is 2.18. The number of nitrogens with zero attached hydrogens (tertiary/aromatic N) is 2. The monoisotopic (exact) mass is 354 g/mol. The zero-order valence-electron chi connectivity index (χ0n) is 12.2. The molecule has 0 atom stereocenters. The highest BCUT2D eigenvalue weighted by molar-refractivity contribution is 6.31. The molecule has 6 nitrogen and oxygen atoms in total. The van der Waals surface area contributed by atoms with Crippen molar-refractivity contribution in [3.63, 3.8) is 0 Å². The molecule has 0 aliphatic rings. The van der Waals surface area contributed by atoms with E-state index in [2.05, 4.69) is 9.97 Å². The molecule has 1 heterocycles. The third-order valence-electron chi connectivity index (χ3n) is 2.68. The van der Waals surface area contributed by atoms with Crippen LogP contribution in [0.15, 0.2) is 36.6 Å². The van der Waals surface area contributed by atoms with Gasteiger partial charge in [0.2, 0.25) is 11.2 Å². The van der Waals surface area contributed by atoms with E-state index in [1.54, 1.807) is 24.3 Å². The van der Waals surface area contributed by atoms with Gasteiger partial charge in [-0.25, -0.2) is 9.78 Å². The summed E-state index contributed by atoms with van der Waals surface area (Å²) in [5.41, 5.74) is 0.656. The Morgan fingerprint density at radius 2 is 1.91 bits per heavy atom. The van der Waals surface area contributed by atoms with Crippen molar-refractivity contribution in [1.82, 2.24) is 9.97 Å². The molecule has 0 aliphatic heterocycles. The molecule has 0 spiro atoms. The Bertz CT molecular complexity index is 730. The van der Waals surface area contributed by atoms with E-state index in [1.165, 1.54) is 26.5 Å². The van der Waals surface area contributed by atoms with Gasteiger partial charge in [0.25, 0.3) is 0 Å². The fourth-order valence-corrected chi connectivity index (χ4v) is 2.15. The largest absolute Gasteiger partial charge is 0.503 e. The van der Waals surface area contributed by atoms with Gasteiger partial charge in [-0.15, -0.1) is 0 Å². The van der Waals surface area contributed by atoms with Crippen molar-refractivity contribution >= 4 is 34.7 Å². The van der Waals surface area contributed by atoms with Gasteiger partial charge in [-0.1, -0.05) is 29.8 Å². The summed E-state index contributed by atoms with van der Waals surface area (Å²) in [4.78, 5) is 19.6. The van der Waals surface area contributed by atoms with Crippen molar-refractivity contribution in [2.24, 2.45) is 0 Å². The topological polar surface area (TPSA) is 70.5 Å². The van der Waals surface area contributed by atoms with Gasteiger partial charge in [0.15, 0.2) is 0 Å². The van der Waals surface area contributed by atoms with Gasteiger partial charge >= 0.3 is 5.97 Å². The number of hydrogen-bond donors (Lipinski definition) is 0. The third-order valence-corrected chi connectivity index (χ3v) is 3.04. The summed E-state index contributed by atoms with van der Waals surface area (Å²) in [6.07, 6.45) is 1.27. The zero-order chi connectivity index (χ0) is 16.8. The lowest BCUT2D eigenvalue weighted by molar-refractivity contribution is -0.133. The van der Waals surface area contributed by atoms with Crippen molar-refractivity contribution in [2.45, 2.75) is 0 Å². The first-order chi connectivity index (χ1) is 11.0. The summed E-state index contributed by atoms with van der Waals surface area (Å²) in [5, 5.41) is 0.0868. The second-order valence-electron chi connectivity index (χ2n) is 4.15. The second kappa shape index (κ2) is 7.80. The number of benzene rings is 1. The number of esters is 1. The van der Waals surface area contributed by atoms with Crippen LogP contribution in [-0.4, -0.2) is 30.2 Å². The molecule has 1 aromatic carbocycles. The number of methoxy groups -OCH3 is 2. The van der Waals surface area contributed by atoms with Crippen LogP contribution in [0.25, 0.3) is 5.57 Å². The van der Waals surface area contributed by atoms with E-state index < -0.39 is 5.97 Å². The smallest absolute Gasteiger partial charge is 0.341 e. The number of aromatic nitrogens is 2. The lowest BCUT2D eigenvalue weighted by atomic mass is 10.1. The molecule has 8 heteroatoms. The molecular weight excluding hydrogens is 343 g/mol. The van der Waals surface area contributed by atoms with Crippen LogP contribution in [0.3, 0.4) is 0 Å². The van der Waals surface area contributed by atoms with E-state index in [9.17, 15) is 4.79 Å². The predicted molar refractivity (Wildman–Crippen MR) is 85.6 cm³/mol. The van der Waals surface area contributed by atoms with E-state index >= 15 is 0 Å². The summed E-state index contributed by atoms with van der Waals surface area (Å²) in [6, 6.07) is 8.23. The maximum Gasteiger partial charge on any atom is 0.341 e. The van der Waals surface area contributed by atoms with Crippen molar-refractivity contribution in [3.05, 3.63) is 52.6 Å². The number of carbonyl (C=O) groups excluding carboxylic acids is 1. The molecule has 2 aromatic rings. The predicted octanol–water partition coefficient (Wildman–Crippen LogP) is 3.74. The standard InChI is InChI=1S/C15H12Cl2N2O4/c1-21-8-10(14(20)22-2)9-5-3-4-6-11(9)23-13-7-12(16)18-15(17)19-13/h3-8H,1-2H3/b10-8+. The molecule has 0 radical (unpaired) electrons. The first-order valence-corrected chi connectivity index (χ1v) is 7.09. The highest BCUT2D eigenvalue weighted by atomic mass is 35.5. The highest BCUT2D eigenvalue weighted by Crippen LogP contribution is 2.31. The first kappa shape index (κ1) is 17.1. The molecule has 120 valence electrons. The average Bonchev–Trinajstić information content (AvgIpc) is 2.52. The maximum absolute atomic E-state index is 11.9. The number of hydrogen-bond acceptors (Lipinski definition) is 6. The van der Waals surface area contributed by atoms with E-state index in [0.717, 1.165) is 0 Å². The minimum Gasteiger partial charge on any atom is -0.503 e. The summed E-state index contributed by atoms with van der Waals surface area (Å²) in [5.74, 6) is -0.0715. The normalized spacial score (nSPS) is 11.0. The zero-order valence-corrected chi connectivity index (χ0v) is 13.8.